The summed E-state index contributed by atoms with van der Waals surface area (Å²) < 4.78 is 6.24. The number of nitrogens with one attached hydrogen (secondary N) is 1. The summed E-state index contributed by atoms with van der Waals surface area (Å²) in [4.78, 5) is 6.96. The highest BCUT2D eigenvalue weighted by Gasteiger charge is 2.29. The molecule has 3 heterocycles. The van der Waals surface area contributed by atoms with Gasteiger partial charge in [0.2, 0.25) is 0 Å². The van der Waals surface area contributed by atoms with Gasteiger partial charge in [-0.3, -0.25) is 5.10 Å². The average molecular weight is 364 g/mol. The molecule has 1 saturated heterocycles. The normalized spacial score (nSPS) is 19.4. The van der Waals surface area contributed by atoms with Crippen LogP contribution in [0.25, 0.3) is 11.0 Å². The number of ether oxygens (including phenoxy) is 1. The highest BCUT2D eigenvalue weighted by Crippen LogP contribution is 2.34. The number of nitrogens with zero attached hydrogens (tertiary/aromatic N) is 4. The largest absolute Gasteiger partial charge is 0.377 e. The Kier molecular flexibility index (Phi) is 3.83. The summed E-state index contributed by atoms with van der Waals surface area (Å²) in [6.07, 6.45) is 0. The molecule has 116 valence electrons. The molecule has 0 amide bonds. The summed E-state index contributed by atoms with van der Waals surface area (Å²) in [6.45, 7) is 8.08. The molecule has 3 rings (SSSR count). The van der Waals surface area contributed by atoms with Crippen molar-refractivity contribution in [1.29, 1.82) is 5.26 Å². The Hall–Kier alpha value is -1.65. The molecule has 2 aromatic rings. The maximum Gasteiger partial charge on any atom is 0.130 e. The molecule has 7 heteroatoms. The molecule has 2 aromatic heterocycles. The first-order valence-corrected chi connectivity index (χ1v) is 8.04. The first-order valence-electron chi connectivity index (χ1n) is 7.25. The van der Waals surface area contributed by atoms with Crippen LogP contribution < -0.4 is 4.90 Å². The number of hydrogen-bond acceptors (Lipinski definition) is 5. The van der Waals surface area contributed by atoms with Crippen molar-refractivity contribution in [3.8, 4) is 6.07 Å². The molecule has 0 radical (unpaired) electrons. The fourth-order valence-corrected chi connectivity index (χ4v) is 3.07. The maximum absolute atomic E-state index is 9.51. The summed E-state index contributed by atoms with van der Waals surface area (Å²) in [6, 6.07) is 4.60. The van der Waals surface area contributed by atoms with Gasteiger partial charge in [-0.05, 0) is 42.8 Å². The Balaban J connectivity index is 2.20. The molecule has 1 atom stereocenters. The molecule has 0 bridgehead atoms. The van der Waals surface area contributed by atoms with Gasteiger partial charge in [0.05, 0.1) is 30.7 Å². The van der Waals surface area contributed by atoms with Crippen molar-refractivity contribution in [3.05, 3.63) is 16.2 Å². The number of halogens is 1. The molecule has 0 aliphatic carbocycles. The monoisotopic (exact) mass is 363 g/mol. The molecule has 6 nitrogen and oxygen atoms in total. The van der Waals surface area contributed by atoms with Crippen molar-refractivity contribution in [1.82, 2.24) is 15.2 Å². The van der Waals surface area contributed by atoms with Crippen molar-refractivity contribution in [3.63, 3.8) is 0 Å². The SMILES string of the molecule is CC1COCCN1c1cc(C(C)(C)C#N)c2n[nH]c(Br)c2n1. The van der Waals surface area contributed by atoms with E-state index in [1.54, 1.807) is 0 Å². The number of morpholine rings is 1. The van der Waals surface area contributed by atoms with Crippen molar-refractivity contribution >= 4 is 32.8 Å². The lowest BCUT2D eigenvalue weighted by Crippen LogP contribution is -2.44. The van der Waals surface area contributed by atoms with E-state index in [0.29, 0.717) is 13.2 Å². The zero-order valence-corrected chi connectivity index (χ0v) is 14.4. The number of anilines is 1. The van der Waals surface area contributed by atoms with Crippen molar-refractivity contribution in [2.45, 2.75) is 32.2 Å². The Labute approximate surface area is 137 Å². The molecular weight excluding hydrogens is 346 g/mol. The number of fused-ring (bicyclic) bond motifs is 1. The third-order valence-corrected chi connectivity index (χ3v) is 4.62. The fourth-order valence-electron chi connectivity index (χ4n) is 2.70. The van der Waals surface area contributed by atoms with Crippen LogP contribution in [0.15, 0.2) is 10.7 Å². The van der Waals surface area contributed by atoms with E-state index in [-0.39, 0.29) is 6.04 Å². The lowest BCUT2D eigenvalue weighted by Gasteiger charge is -2.35. The van der Waals surface area contributed by atoms with Crippen LogP contribution in [-0.4, -0.2) is 41.0 Å². The van der Waals surface area contributed by atoms with Crippen LogP contribution in [-0.2, 0) is 10.2 Å². The van der Waals surface area contributed by atoms with Crippen LogP contribution in [0.5, 0.6) is 0 Å². The van der Waals surface area contributed by atoms with Crippen molar-refractivity contribution in [2.75, 3.05) is 24.7 Å². The molecule has 1 aliphatic heterocycles. The number of hydrogen-bond donors (Lipinski definition) is 1. The second kappa shape index (κ2) is 5.52. The van der Waals surface area contributed by atoms with E-state index in [1.807, 2.05) is 19.9 Å². The molecule has 0 aromatic carbocycles. The van der Waals surface area contributed by atoms with Gasteiger partial charge < -0.3 is 9.64 Å². The van der Waals surface area contributed by atoms with Crippen LogP contribution >= 0.6 is 15.9 Å². The van der Waals surface area contributed by atoms with Gasteiger partial charge >= 0.3 is 0 Å². The van der Waals surface area contributed by atoms with Crippen LogP contribution in [0.1, 0.15) is 26.3 Å². The van der Waals surface area contributed by atoms with E-state index >= 15 is 0 Å². The minimum Gasteiger partial charge on any atom is -0.377 e. The molecule has 0 spiro atoms. The molecule has 22 heavy (non-hydrogen) atoms. The number of H-pyrrole nitrogens is 1. The molecule has 1 fully saturated rings. The van der Waals surface area contributed by atoms with E-state index in [0.717, 1.165) is 33.6 Å². The summed E-state index contributed by atoms with van der Waals surface area (Å²) in [5.41, 5.74) is 1.74. The van der Waals surface area contributed by atoms with Crippen LogP contribution in [0.3, 0.4) is 0 Å². The van der Waals surface area contributed by atoms with Crippen LogP contribution in [0.4, 0.5) is 5.82 Å². The number of aromatic amines is 1. The van der Waals surface area contributed by atoms with Gasteiger partial charge in [-0.25, -0.2) is 4.98 Å². The highest BCUT2D eigenvalue weighted by molar-refractivity contribution is 9.10. The van der Waals surface area contributed by atoms with Gasteiger partial charge in [0.1, 0.15) is 21.5 Å². The first-order chi connectivity index (χ1) is 10.4. The summed E-state index contributed by atoms with van der Waals surface area (Å²) in [5.74, 6) is 0.865. The van der Waals surface area contributed by atoms with E-state index in [9.17, 15) is 5.26 Å². The average Bonchev–Trinajstić information content (AvgIpc) is 2.88. The van der Waals surface area contributed by atoms with E-state index in [2.05, 4.69) is 44.0 Å². The van der Waals surface area contributed by atoms with Gasteiger partial charge in [0, 0.05) is 12.1 Å². The molecule has 1 N–H and O–H groups in total. The summed E-state index contributed by atoms with van der Waals surface area (Å²) >= 11 is 3.46. The van der Waals surface area contributed by atoms with Crippen molar-refractivity contribution in [2.24, 2.45) is 0 Å². The Morgan fingerprint density at radius 2 is 2.27 bits per heavy atom. The summed E-state index contributed by atoms with van der Waals surface area (Å²) in [7, 11) is 0. The lowest BCUT2D eigenvalue weighted by molar-refractivity contribution is 0.0985. The zero-order chi connectivity index (χ0) is 15.9. The second-order valence-corrected chi connectivity index (χ2v) is 6.91. The predicted octanol–water partition coefficient (Wildman–Crippen LogP) is 2.75. The van der Waals surface area contributed by atoms with E-state index in [4.69, 9.17) is 9.72 Å². The van der Waals surface area contributed by atoms with Gasteiger partial charge in [-0.15, -0.1) is 0 Å². The second-order valence-electron chi connectivity index (χ2n) is 6.12. The van der Waals surface area contributed by atoms with Crippen LogP contribution in [0.2, 0.25) is 0 Å². The van der Waals surface area contributed by atoms with Crippen molar-refractivity contribution < 1.29 is 4.74 Å². The number of rotatable bonds is 2. The van der Waals surface area contributed by atoms with Gasteiger partial charge in [-0.2, -0.15) is 10.4 Å². The topological polar surface area (TPSA) is 77.8 Å². The first kappa shape index (κ1) is 15.3. The number of nitriles is 1. The third kappa shape index (κ3) is 2.46. The minimum absolute atomic E-state index is 0.252. The Bertz CT molecular complexity index is 748. The van der Waals surface area contributed by atoms with Gasteiger partial charge in [-0.1, -0.05) is 0 Å². The zero-order valence-electron chi connectivity index (χ0n) is 12.9. The fraction of sp³-hybridized carbons (Fsp3) is 0.533. The molecule has 0 saturated carbocycles. The summed E-state index contributed by atoms with van der Waals surface area (Å²) in [5, 5.41) is 16.7. The molecular formula is C15H18BrN5O. The molecule has 1 unspecified atom stereocenters. The standard InChI is InChI=1S/C15H18BrN5O/c1-9-7-22-5-4-21(9)11-6-10(15(2,3)8-17)12-13(18-11)14(16)20-19-12/h6,9H,4-5,7H2,1-3H3,(H,19,20). The van der Waals surface area contributed by atoms with Crippen LogP contribution in [0, 0.1) is 11.3 Å². The van der Waals surface area contributed by atoms with Gasteiger partial charge in [0.15, 0.2) is 0 Å². The predicted molar refractivity (Wildman–Crippen MR) is 87.9 cm³/mol. The molecule has 1 aliphatic rings. The smallest absolute Gasteiger partial charge is 0.130 e. The number of pyridine rings is 1. The lowest BCUT2D eigenvalue weighted by atomic mass is 9.86. The minimum atomic E-state index is -0.639. The van der Waals surface area contributed by atoms with E-state index < -0.39 is 5.41 Å². The quantitative estimate of drug-likeness (QED) is 0.887. The Morgan fingerprint density at radius 1 is 1.50 bits per heavy atom. The third-order valence-electron chi connectivity index (χ3n) is 4.07. The highest BCUT2D eigenvalue weighted by atomic mass is 79.9. The Morgan fingerprint density at radius 3 is 2.95 bits per heavy atom. The number of aromatic nitrogens is 3. The van der Waals surface area contributed by atoms with Gasteiger partial charge in [0.25, 0.3) is 0 Å². The van der Waals surface area contributed by atoms with E-state index in [1.165, 1.54) is 0 Å². The maximum atomic E-state index is 9.51.